The fraction of sp³-hybridized carbons (Fsp3) is 0.250. The number of aryl methyl sites for hydroxylation is 2. The van der Waals surface area contributed by atoms with Crippen LogP contribution < -0.4 is 0 Å². The lowest BCUT2D eigenvalue weighted by Gasteiger charge is -2.13. The lowest BCUT2D eigenvalue weighted by molar-refractivity contribution is 0.177. The van der Waals surface area contributed by atoms with Gasteiger partial charge in [-0.05, 0) is 54.3 Å². The number of aliphatic hydroxyl groups is 1. The van der Waals surface area contributed by atoms with Crippen molar-refractivity contribution in [3.8, 4) is 0 Å². The van der Waals surface area contributed by atoms with E-state index in [0.717, 1.165) is 11.1 Å². The molecule has 0 aliphatic heterocycles. The molecule has 3 heteroatoms. The SMILES string of the molecule is Cc1ccc(C(O)Cc2cc(F)ccc2C)cc1F. The van der Waals surface area contributed by atoms with Gasteiger partial charge in [-0.25, -0.2) is 8.78 Å². The Kier molecular flexibility index (Phi) is 3.96. The van der Waals surface area contributed by atoms with Crippen LogP contribution in [0.15, 0.2) is 36.4 Å². The first-order valence-corrected chi connectivity index (χ1v) is 6.16. The first-order chi connectivity index (χ1) is 8.97. The molecule has 1 nitrogen and oxygen atoms in total. The van der Waals surface area contributed by atoms with E-state index in [1.54, 1.807) is 25.1 Å². The van der Waals surface area contributed by atoms with E-state index in [-0.39, 0.29) is 18.1 Å². The molecule has 1 unspecified atom stereocenters. The maximum Gasteiger partial charge on any atom is 0.126 e. The molecule has 0 amide bonds. The van der Waals surface area contributed by atoms with Crippen LogP contribution in [0.1, 0.15) is 28.4 Å². The van der Waals surface area contributed by atoms with Crippen LogP contribution in [0.2, 0.25) is 0 Å². The van der Waals surface area contributed by atoms with Crippen LogP contribution in [-0.4, -0.2) is 5.11 Å². The molecular formula is C16H16F2O. The third-order valence-electron chi connectivity index (χ3n) is 3.31. The maximum atomic E-state index is 13.5. The number of hydrogen-bond acceptors (Lipinski definition) is 1. The molecule has 0 saturated heterocycles. The Bertz CT molecular complexity index is 593. The number of halogens is 2. The Hall–Kier alpha value is -1.74. The summed E-state index contributed by atoms with van der Waals surface area (Å²) in [5.74, 6) is -0.671. The van der Waals surface area contributed by atoms with E-state index in [0.29, 0.717) is 11.1 Å². The molecule has 100 valence electrons. The van der Waals surface area contributed by atoms with Gasteiger partial charge < -0.3 is 5.11 Å². The van der Waals surface area contributed by atoms with Crippen molar-refractivity contribution in [1.29, 1.82) is 0 Å². The summed E-state index contributed by atoms with van der Waals surface area (Å²) in [5.41, 5.74) is 2.69. The van der Waals surface area contributed by atoms with Crippen molar-refractivity contribution in [3.63, 3.8) is 0 Å². The molecule has 2 aromatic carbocycles. The topological polar surface area (TPSA) is 20.2 Å². The highest BCUT2D eigenvalue weighted by Crippen LogP contribution is 2.22. The van der Waals surface area contributed by atoms with Crippen LogP contribution in [0.5, 0.6) is 0 Å². The number of rotatable bonds is 3. The van der Waals surface area contributed by atoms with Gasteiger partial charge in [0.1, 0.15) is 11.6 Å². The molecule has 0 bridgehead atoms. The number of benzene rings is 2. The van der Waals surface area contributed by atoms with Crippen molar-refractivity contribution in [3.05, 3.63) is 70.3 Å². The monoisotopic (exact) mass is 262 g/mol. The van der Waals surface area contributed by atoms with Gasteiger partial charge in [-0.15, -0.1) is 0 Å². The first kappa shape index (κ1) is 13.7. The molecule has 0 fully saturated rings. The first-order valence-electron chi connectivity index (χ1n) is 6.16. The van der Waals surface area contributed by atoms with Gasteiger partial charge >= 0.3 is 0 Å². The zero-order valence-corrected chi connectivity index (χ0v) is 11.0. The van der Waals surface area contributed by atoms with E-state index in [2.05, 4.69) is 0 Å². The van der Waals surface area contributed by atoms with E-state index in [1.165, 1.54) is 18.2 Å². The van der Waals surface area contributed by atoms with Gasteiger partial charge in [-0.2, -0.15) is 0 Å². The van der Waals surface area contributed by atoms with Crippen molar-refractivity contribution < 1.29 is 13.9 Å². The quantitative estimate of drug-likeness (QED) is 0.890. The summed E-state index contributed by atoms with van der Waals surface area (Å²) in [7, 11) is 0. The molecule has 0 heterocycles. The average Bonchev–Trinajstić information content (AvgIpc) is 2.37. The van der Waals surface area contributed by atoms with Gasteiger partial charge in [0, 0.05) is 6.42 Å². The lowest BCUT2D eigenvalue weighted by atomic mass is 9.97. The van der Waals surface area contributed by atoms with Crippen molar-refractivity contribution in [1.82, 2.24) is 0 Å². The van der Waals surface area contributed by atoms with E-state index >= 15 is 0 Å². The third kappa shape index (κ3) is 3.18. The zero-order chi connectivity index (χ0) is 14.0. The van der Waals surface area contributed by atoms with Crippen molar-refractivity contribution in [2.75, 3.05) is 0 Å². The standard InChI is InChI=1S/C16H16F2O/c1-10-4-6-14(17)7-13(10)9-16(19)12-5-3-11(2)15(18)8-12/h3-8,16,19H,9H2,1-2H3. The molecule has 0 saturated carbocycles. The van der Waals surface area contributed by atoms with Gasteiger partial charge in [-0.3, -0.25) is 0 Å². The minimum Gasteiger partial charge on any atom is -0.388 e. The second-order valence-electron chi connectivity index (χ2n) is 4.80. The minimum atomic E-state index is -0.837. The number of aliphatic hydroxyl groups excluding tert-OH is 1. The maximum absolute atomic E-state index is 13.5. The fourth-order valence-electron chi connectivity index (χ4n) is 2.00. The highest BCUT2D eigenvalue weighted by molar-refractivity contribution is 5.30. The van der Waals surface area contributed by atoms with Crippen LogP contribution in [0.3, 0.4) is 0 Å². The molecule has 0 aliphatic rings. The van der Waals surface area contributed by atoms with E-state index < -0.39 is 6.10 Å². The summed E-state index contributed by atoms with van der Waals surface area (Å²) < 4.78 is 26.6. The summed E-state index contributed by atoms with van der Waals surface area (Å²) >= 11 is 0. The molecule has 0 aromatic heterocycles. The summed E-state index contributed by atoms with van der Waals surface area (Å²) in [5, 5.41) is 10.1. The number of hydrogen-bond donors (Lipinski definition) is 1. The summed E-state index contributed by atoms with van der Waals surface area (Å²) in [6.07, 6.45) is -0.567. The van der Waals surface area contributed by atoms with E-state index in [1.807, 2.05) is 6.92 Å². The minimum absolute atomic E-state index is 0.270. The van der Waals surface area contributed by atoms with Crippen LogP contribution >= 0.6 is 0 Å². The Morgan fingerprint density at radius 2 is 1.68 bits per heavy atom. The van der Waals surface area contributed by atoms with Gasteiger partial charge in [-0.1, -0.05) is 18.2 Å². The lowest BCUT2D eigenvalue weighted by Crippen LogP contribution is -2.04. The normalized spacial score (nSPS) is 12.5. The zero-order valence-electron chi connectivity index (χ0n) is 11.0. The van der Waals surface area contributed by atoms with Crippen molar-refractivity contribution in [2.24, 2.45) is 0 Å². The highest BCUT2D eigenvalue weighted by Gasteiger charge is 2.12. The largest absolute Gasteiger partial charge is 0.388 e. The third-order valence-corrected chi connectivity index (χ3v) is 3.31. The molecule has 2 aromatic rings. The Labute approximate surface area is 111 Å². The molecular weight excluding hydrogens is 246 g/mol. The van der Waals surface area contributed by atoms with Crippen LogP contribution in [0, 0.1) is 25.5 Å². The van der Waals surface area contributed by atoms with Crippen LogP contribution in [0.25, 0.3) is 0 Å². The van der Waals surface area contributed by atoms with Gasteiger partial charge in [0.15, 0.2) is 0 Å². The predicted octanol–water partition coefficient (Wildman–Crippen LogP) is 3.86. The molecule has 1 N–H and O–H groups in total. The average molecular weight is 262 g/mol. The van der Waals surface area contributed by atoms with E-state index in [4.69, 9.17) is 0 Å². The van der Waals surface area contributed by atoms with Gasteiger partial charge in [0.25, 0.3) is 0 Å². The summed E-state index contributed by atoms with van der Waals surface area (Å²) in [6, 6.07) is 9.12. The van der Waals surface area contributed by atoms with Crippen molar-refractivity contribution in [2.45, 2.75) is 26.4 Å². The van der Waals surface area contributed by atoms with Gasteiger partial charge in [0.05, 0.1) is 6.10 Å². The van der Waals surface area contributed by atoms with Crippen LogP contribution in [-0.2, 0) is 6.42 Å². The van der Waals surface area contributed by atoms with Crippen molar-refractivity contribution >= 4 is 0 Å². The fourth-order valence-corrected chi connectivity index (χ4v) is 2.00. The Morgan fingerprint density at radius 1 is 1.00 bits per heavy atom. The predicted molar refractivity (Wildman–Crippen MR) is 70.9 cm³/mol. The highest BCUT2D eigenvalue weighted by atomic mass is 19.1. The Balaban J connectivity index is 2.22. The molecule has 0 aliphatic carbocycles. The molecule has 1 atom stereocenters. The molecule has 2 rings (SSSR count). The summed E-state index contributed by atoms with van der Waals surface area (Å²) in [6.45, 7) is 3.53. The molecule has 19 heavy (non-hydrogen) atoms. The molecule has 0 spiro atoms. The van der Waals surface area contributed by atoms with E-state index in [9.17, 15) is 13.9 Å². The van der Waals surface area contributed by atoms with Crippen LogP contribution in [0.4, 0.5) is 8.78 Å². The Morgan fingerprint density at radius 3 is 2.37 bits per heavy atom. The van der Waals surface area contributed by atoms with Gasteiger partial charge in [0.2, 0.25) is 0 Å². The smallest absolute Gasteiger partial charge is 0.126 e. The second kappa shape index (κ2) is 5.49. The molecule has 0 radical (unpaired) electrons. The summed E-state index contributed by atoms with van der Waals surface area (Å²) in [4.78, 5) is 0. The second-order valence-corrected chi connectivity index (χ2v) is 4.80.